The van der Waals surface area contributed by atoms with Crippen LogP contribution in [0.1, 0.15) is 31.1 Å². The molecule has 1 aliphatic carbocycles. The van der Waals surface area contributed by atoms with E-state index in [1.165, 1.54) is 30.6 Å². The van der Waals surface area contributed by atoms with Crippen molar-refractivity contribution in [2.24, 2.45) is 16.6 Å². The van der Waals surface area contributed by atoms with Crippen LogP contribution in [0.5, 0.6) is 0 Å². The summed E-state index contributed by atoms with van der Waals surface area (Å²) in [6.45, 7) is 2.95. The van der Waals surface area contributed by atoms with Gasteiger partial charge in [0.1, 0.15) is 5.60 Å². The fourth-order valence-electron chi connectivity index (χ4n) is 1.90. The normalized spacial score (nSPS) is 20.2. The van der Waals surface area contributed by atoms with Crippen LogP contribution in [0.15, 0.2) is 22.5 Å². The fraction of sp³-hybridized carbons (Fsp3) is 0.615. The highest BCUT2D eigenvalue weighted by atomic mass is 32.1. The molecule has 0 aliphatic heterocycles. The molecular weight excluding hydrogens is 246 g/mol. The molecule has 0 spiro atoms. The molecule has 1 fully saturated rings. The zero-order valence-electron chi connectivity index (χ0n) is 10.7. The fourth-order valence-corrected chi connectivity index (χ4v) is 2.68. The average Bonchev–Trinajstić information content (AvgIpc) is 2.78. The summed E-state index contributed by atoms with van der Waals surface area (Å²) >= 11 is 1.53. The van der Waals surface area contributed by atoms with Gasteiger partial charge in [-0.25, -0.2) is 0 Å². The summed E-state index contributed by atoms with van der Waals surface area (Å²) in [6, 6.07) is 3.84. The minimum absolute atomic E-state index is 0.289. The summed E-state index contributed by atoms with van der Waals surface area (Å²) in [7, 11) is 0. The van der Waals surface area contributed by atoms with Gasteiger partial charge in [0.15, 0.2) is 5.96 Å². The van der Waals surface area contributed by atoms with Crippen LogP contribution in [0, 0.1) is 5.92 Å². The van der Waals surface area contributed by atoms with Gasteiger partial charge in [0, 0.05) is 11.4 Å². The predicted molar refractivity (Wildman–Crippen MR) is 75.7 cm³/mol. The lowest BCUT2D eigenvalue weighted by Crippen LogP contribution is -2.38. The van der Waals surface area contributed by atoms with Crippen LogP contribution >= 0.6 is 11.3 Å². The van der Waals surface area contributed by atoms with Crippen molar-refractivity contribution in [3.05, 3.63) is 22.4 Å². The van der Waals surface area contributed by atoms with Gasteiger partial charge in [-0.15, -0.1) is 11.3 Å². The zero-order valence-corrected chi connectivity index (χ0v) is 11.5. The summed E-state index contributed by atoms with van der Waals surface area (Å²) in [5.74, 6) is 1.18. The number of rotatable bonds is 5. The molecule has 1 atom stereocenters. The van der Waals surface area contributed by atoms with E-state index in [-0.39, 0.29) is 6.54 Å². The Kier molecular flexibility index (Phi) is 4.24. The Hall–Kier alpha value is -1.07. The molecule has 1 unspecified atom stereocenters. The molecule has 5 heteroatoms. The van der Waals surface area contributed by atoms with Gasteiger partial charge < -0.3 is 16.2 Å². The number of nitrogens with one attached hydrogen (secondary N) is 1. The first-order chi connectivity index (χ1) is 8.58. The molecule has 2 rings (SSSR count). The van der Waals surface area contributed by atoms with Crippen LogP contribution in [0.4, 0.5) is 0 Å². The third-order valence-corrected chi connectivity index (χ3v) is 4.53. The summed E-state index contributed by atoms with van der Waals surface area (Å²) in [4.78, 5) is 5.14. The lowest BCUT2D eigenvalue weighted by molar-refractivity contribution is 0.0712. The van der Waals surface area contributed by atoms with Crippen molar-refractivity contribution in [1.82, 2.24) is 5.32 Å². The highest BCUT2D eigenvalue weighted by Gasteiger charge is 2.24. The summed E-state index contributed by atoms with van der Waals surface area (Å²) in [5, 5.41) is 15.4. The highest BCUT2D eigenvalue weighted by Crippen LogP contribution is 2.26. The molecule has 1 saturated carbocycles. The van der Waals surface area contributed by atoms with E-state index in [4.69, 9.17) is 5.73 Å². The van der Waals surface area contributed by atoms with E-state index in [0.717, 1.165) is 17.3 Å². The van der Waals surface area contributed by atoms with Crippen molar-refractivity contribution >= 4 is 17.3 Å². The maximum Gasteiger partial charge on any atom is 0.188 e. The molecule has 4 N–H and O–H groups in total. The lowest BCUT2D eigenvalue weighted by Gasteiger charge is -2.25. The Morgan fingerprint density at radius 1 is 1.67 bits per heavy atom. The second-order valence-corrected chi connectivity index (χ2v) is 6.08. The Morgan fingerprint density at radius 3 is 3.00 bits per heavy atom. The summed E-state index contributed by atoms with van der Waals surface area (Å²) in [5.41, 5.74) is 4.86. The largest absolute Gasteiger partial charge is 0.383 e. The molecule has 0 bridgehead atoms. The van der Waals surface area contributed by atoms with Crippen molar-refractivity contribution < 1.29 is 5.11 Å². The first-order valence-corrected chi connectivity index (χ1v) is 7.26. The van der Waals surface area contributed by atoms with Crippen LogP contribution in [-0.2, 0) is 5.60 Å². The molecule has 0 amide bonds. The zero-order chi connectivity index (χ0) is 13.0. The van der Waals surface area contributed by atoms with Gasteiger partial charge in [-0.2, -0.15) is 0 Å². The van der Waals surface area contributed by atoms with Gasteiger partial charge in [0.25, 0.3) is 0 Å². The van der Waals surface area contributed by atoms with Crippen molar-refractivity contribution in [2.45, 2.75) is 31.8 Å². The van der Waals surface area contributed by atoms with Crippen molar-refractivity contribution in [3.8, 4) is 0 Å². The lowest BCUT2D eigenvalue weighted by atomic mass is 9.85. The number of hydrogen-bond acceptors (Lipinski definition) is 3. The van der Waals surface area contributed by atoms with Crippen LogP contribution in [0.2, 0.25) is 0 Å². The first-order valence-electron chi connectivity index (χ1n) is 6.38. The molecule has 18 heavy (non-hydrogen) atoms. The smallest absolute Gasteiger partial charge is 0.188 e. The number of aliphatic imine (C=N–C) groups is 1. The van der Waals surface area contributed by atoms with E-state index in [0.29, 0.717) is 5.96 Å². The van der Waals surface area contributed by atoms with Gasteiger partial charge in [-0.3, -0.25) is 4.99 Å². The maximum absolute atomic E-state index is 10.3. The van der Waals surface area contributed by atoms with Crippen molar-refractivity contribution in [1.29, 1.82) is 0 Å². The predicted octanol–water partition coefficient (Wildman–Crippen LogP) is 1.66. The minimum Gasteiger partial charge on any atom is -0.383 e. The molecular formula is C13H21N3OS. The Bertz CT molecular complexity index is 396. The van der Waals surface area contributed by atoms with Crippen LogP contribution in [0.25, 0.3) is 0 Å². The monoisotopic (exact) mass is 267 g/mol. The van der Waals surface area contributed by atoms with Crippen molar-refractivity contribution in [3.63, 3.8) is 0 Å². The highest BCUT2D eigenvalue weighted by molar-refractivity contribution is 7.10. The maximum atomic E-state index is 10.3. The summed E-state index contributed by atoms with van der Waals surface area (Å²) in [6.07, 6.45) is 3.90. The number of thiophene rings is 1. The van der Waals surface area contributed by atoms with Gasteiger partial charge in [0.05, 0.1) is 6.54 Å². The molecule has 1 aromatic rings. The molecule has 0 saturated heterocycles. The van der Waals surface area contributed by atoms with E-state index in [1.807, 2.05) is 17.5 Å². The number of guanidine groups is 1. The van der Waals surface area contributed by atoms with E-state index in [2.05, 4.69) is 10.3 Å². The third-order valence-electron chi connectivity index (χ3n) is 3.41. The Balaban J connectivity index is 1.81. The average molecular weight is 267 g/mol. The van der Waals surface area contributed by atoms with Gasteiger partial charge in [0.2, 0.25) is 0 Å². The number of hydrogen-bond donors (Lipinski definition) is 3. The molecule has 1 aliphatic rings. The van der Waals surface area contributed by atoms with E-state index in [1.54, 1.807) is 6.92 Å². The number of aliphatic hydroxyl groups is 1. The van der Waals surface area contributed by atoms with Gasteiger partial charge >= 0.3 is 0 Å². The Morgan fingerprint density at radius 2 is 2.44 bits per heavy atom. The van der Waals surface area contributed by atoms with Crippen LogP contribution < -0.4 is 11.1 Å². The van der Waals surface area contributed by atoms with Crippen LogP contribution in [-0.4, -0.2) is 24.2 Å². The van der Waals surface area contributed by atoms with E-state index >= 15 is 0 Å². The molecule has 0 aromatic carbocycles. The van der Waals surface area contributed by atoms with Gasteiger partial charge in [-0.1, -0.05) is 12.5 Å². The third kappa shape index (κ3) is 3.46. The van der Waals surface area contributed by atoms with Crippen LogP contribution in [0.3, 0.4) is 0 Å². The molecule has 1 heterocycles. The van der Waals surface area contributed by atoms with E-state index in [9.17, 15) is 5.11 Å². The quantitative estimate of drug-likeness (QED) is 0.561. The number of nitrogens with two attached hydrogens (primary N) is 1. The number of nitrogens with zero attached hydrogens (tertiary/aromatic N) is 1. The first kappa shape index (κ1) is 13.4. The standard InChI is InChI=1S/C13H21N3OS/c1-13(17,11-6-3-7-18-11)9-16-12(14)15-8-10-4-2-5-10/h3,6-7,10,17H,2,4-5,8-9H2,1H3,(H3,14,15,16). The second kappa shape index (κ2) is 5.71. The molecule has 1 aromatic heterocycles. The summed E-state index contributed by atoms with van der Waals surface area (Å²) < 4.78 is 0. The molecule has 4 nitrogen and oxygen atoms in total. The van der Waals surface area contributed by atoms with Crippen molar-refractivity contribution in [2.75, 3.05) is 13.1 Å². The topological polar surface area (TPSA) is 70.6 Å². The van der Waals surface area contributed by atoms with Gasteiger partial charge in [-0.05, 0) is 37.1 Å². The van der Waals surface area contributed by atoms with E-state index < -0.39 is 5.60 Å². The second-order valence-electron chi connectivity index (χ2n) is 5.13. The molecule has 0 radical (unpaired) electrons. The minimum atomic E-state index is -0.934. The SMILES string of the molecule is CC(O)(CN=C(N)NCC1CCC1)c1cccs1. The molecule has 100 valence electrons. The Labute approximate surface area is 112 Å².